The van der Waals surface area contributed by atoms with Gasteiger partial charge in [0.1, 0.15) is 24.0 Å². The average molecular weight is 593 g/mol. The average Bonchev–Trinajstić information content (AvgIpc) is 3.71. The summed E-state index contributed by atoms with van der Waals surface area (Å²) in [6, 6.07) is 13.3. The molecule has 3 aliphatic rings. The maximum Gasteiger partial charge on any atom is 0.245 e. The number of anilines is 1. The number of nitrogens with one attached hydrogen (secondary N) is 2. The van der Waals surface area contributed by atoms with Crippen molar-refractivity contribution in [2.24, 2.45) is 17.8 Å². The highest BCUT2D eigenvalue weighted by Gasteiger charge is 2.76. The van der Waals surface area contributed by atoms with Gasteiger partial charge in [-0.05, 0) is 62.1 Å². The highest BCUT2D eigenvalue weighted by atomic mass is 32.2. The SMILES string of the molecule is CCOc1ccc(NC(=O)[C@@H]2[C@H]3C(=O)N([C@@H](CC)CO)C(C(=O)NCn4nnc5ccccc54)C34S[C@@H]2CC4C)cc1. The van der Waals surface area contributed by atoms with Crippen molar-refractivity contribution in [3.05, 3.63) is 48.5 Å². The number of hydrogen-bond acceptors (Lipinski definition) is 8. The first-order valence-corrected chi connectivity index (χ1v) is 15.4. The number of para-hydroxylation sites is 1. The van der Waals surface area contributed by atoms with E-state index in [-0.39, 0.29) is 42.2 Å². The zero-order valence-electron chi connectivity index (χ0n) is 23.9. The fourth-order valence-electron chi connectivity index (χ4n) is 7.18. The molecule has 1 aromatic heterocycles. The quantitative estimate of drug-likeness (QED) is 0.327. The second-order valence-electron chi connectivity index (χ2n) is 11.3. The standard InChI is InChI=1S/C30H36N6O5S/c1-4-19(15-37)36-26(28(39)31-16-35-22-9-7-6-8-21(22)33-34-35)30-17(3)14-23(42-30)24(25(30)29(36)40)27(38)32-18-10-12-20(13-11-18)41-5-2/h6-13,17,19,23-26,37H,4-5,14-16H2,1-3H3,(H,31,39)(H,32,38)/t17?,19-,23+,24-,25-,26?,30?/m0/s1. The van der Waals surface area contributed by atoms with E-state index in [1.807, 2.05) is 38.1 Å². The van der Waals surface area contributed by atoms with Gasteiger partial charge in [-0.1, -0.05) is 31.2 Å². The van der Waals surface area contributed by atoms with E-state index in [1.54, 1.807) is 45.6 Å². The topological polar surface area (TPSA) is 139 Å². The van der Waals surface area contributed by atoms with Gasteiger partial charge in [0.05, 0.1) is 41.4 Å². The second kappa shape index (κ2) is 11.2. The smallest absolute Gasteiger partial charge is 0.245 e. The predicted octanol–water partition coefficient (Wildman–Crippen LogP) is 2.65. The van der Waals surface area contributed by atoms with Crippen LogP contribution in [0.25, 0.3) is 11.0 Å². The third-order valence-electron chi connectivity index (χ3n) is 9.07. The van der Waals surface area contributed by atoms with Gasteiger partial charge in [0, 0.05) is 10.9 Å². The Morgan fingerprint density at radius 1 is 1.17 bits per heavy atom. The number of carbonyl (C=O) groups is 3. The van der Waals surface area contributed by atoms with Crippen molar-refractivity contribution in [3.63, 3.8) is 0 Å². The maximum absolute atomic E-state index is 14.3. The van der Waals surface area contributed by atoms with E-state index in [2.05, 4.69) is 27.9 Å². The van der Waals surface area contributed by atoms with Crippen LogP contribution in [0.4, 0.5) is 5.69 Å². The molecule has 3 unspecified atom stereocenters. The lowest BCUT2D eigenvalue weighted by Gasteiger charge is -2.40. The maximum atomic E-state index is 14.3. The Kier molecular flexibility index (Phi) is 7.61. The minimum Gasteiger partial charge on any atom is -0.494 e. The zero-order valence-corrected chi connectivity index (χ0v) is 24.7. The minimum absolute atomic E-state index is 0.0140. The number of thioether (sulfide) groups is 1. The first-order valence-electron chi connectivity index (χ1n) is 14.5. The number of aliphatic hydroxyl groups excluding tert-OH is 1. The number of aliphatic hydroxyl groups is 1. The molecule has 12 heteroatoms. The molecule has 0 aliphatic carbocycles. The molecule has 0 saturated carbocycles. The second-order valence-corrected chi connectivity index (χ2v) is 12.8. The van der Waals surface area contributed by atoms with Crippen molar-refractivity contribution in [1.29, 1.82) is 0 Å². The molecule has 1 spiro atoms. The first-order chi connectivity index (χ1) is 20.3. The Balaban J connectivity index is 1.30. The van der Waals surface area contributed by atoms with Crippen LogP contribution in [0.1, 0.15) is 33.6 Å². The summed E-state index contributed by atoms with van der Waals surface area (Å²) in [5, 5.41) is 24.5. The van der Waals surface area contributed by atoms with E-state index < -0.39 is 28.7 Å². The molecule has 222 valence electrons. The van der Waals surface area contributed by atoms with Crippen LogP contribution in [0.15, 0.2) is 48.5 Å². The Morgan fingerprint density at radius 2 is 1.93 bits per heavy atom. The highest BCUT2D eigenvalue weighted by molar-refractivity contribution is 8.02. The van der Waals surface area contributed by atoms with E-state index in [0.717, 1.165) is 17.5 Å². The van der Waals surface area contributed by atoms with E-state index in [4.69, 9.17) is 4.74 Å². The molecule has 0 radical (unpaired) electrons. The van der Waals surface area contributed by atoms with E-state index >= 15 is 0 Å². The molecule has 4 heterocycles. The Labute approximate surface area is 248 Å². The van der Waals surface area contributed by atoms with Gasteiger partial charge in [-0.3, -0.25) is 14.4 Å². The fourth-order valence-corrected chi connectivity index (χ4v) is 9.58. The molecule has 3 aromatic rings. The monoisotopic (exact) mass is 592 g/mol. The van der Waals surface area contributed by atoms with Crippen LogP contribution in [-0.4, -0.2) is 78.0 Å². The Bertz CT molecular complexity index is 1490. The summed E-state index contributed by atoms with van der Waals surface area (Å²) >= 11 is 1.60. The summed E-state index contributed by atoms with van der Waals surface area (Å²) in [6.07, 6.45) is 1.20. The van der Waals surface area contributed by atoms with Crippen molar-refractivity contribution in [1.82, 2.24) is 25.2 Å². The lowest BCUT2D eigenvalue weighted by Crippen LogP contribution is -2.58. The fraction of sp³-hybridized carbons (Fsp3) is 0.500. The van der Waals surface area contributed by atoms with Crippen LogP contribution in [-0.2, 0) is 21.1 Å². The number of carbonyl (C=O) groups excluding carboxylic acids is 3. The molecule has 3 N–H and O–H groups in total. The van der Waals surface area contributed by atoms with Crippen molar-refractivity contribution in [2.45, 2.75) is 62.4 Å². The van der Waals surface area contributed by atoms with Crippen LogP contribution >= 0.6 is 11.8 Å². The van der Waals surface area contributed by atoms with Gasteiger partial charge in [0.2, 0.25) is 17.7 Å². The number of nitrogens with zero attached hydrogens (tertiary/aromatic N) is 4. The van der Waals surface area contributed by atoms with Crippen molar-refractivity contribution in [2.75, 3.05) is 18.5 Å². The predicted molar refractivity (Wildman–Crippen MR) is 159 cm³/mol. The third kappa shape index (κ3) is 4.43. The number of rotatable bonds is 10. The van der Waals surface area contributed by atoms with Crippen LogP contribution in [0.5, 0.6) is 5.75 Å². The van der Waals surface area contributed by atoms with E-state index in [0.29, 0.717) is 24.5 Å². The number of hydrogen-bond donors (Lipinski definition) is 3. The molecule has 42 heavy (non-hydrogen) atoms. The molecule has 3 aliphatic heterocycles. The van der Waals surface area contributed by atoms with Crippen LogP contribution < -0.4 is 15.4 Å². The van der Waals surface area contributed by atoms with Crippen molar-refractivity contribution < 1.29 is 24.2 Å². The lowest BCUT2D eigenvalue weighted by molar-refractivity contribution is -0.142. The molecule has 3 saturated heterocycles. The van der Waals surface area contributed by atoms with Gasteiger partial charge in [-0.15, -0.1) is 16.9 Å². The summed E-state index contributed by atoms with van der Waals surface area (Å²) in [6.45, 7) is 6.23. The molecular formula is C30H36N6O5S. The Morgan fingerprint density at radius 3 is 2.64 bits per heavy atom. The number of benzene rings is 2. The molecule has 11 nitrogen and oxygen atoms in total. The van der Waals surface area contributed by atoms with Crippen molar-refractivity contribution >= 4 is 46.2 Å². The van der Waals surface area contributed by atoms with Gasteiger partial charge in [0.25, 0.3) is 0 Å². The van der Waals surface area contributed by atoms with Crippen molar-refractivity contribution in [3.8, 4) is 5.75 Å². The zero-order chi connectivity index (χ0) is 29.6. The Hall–Kier alpha value is -3.64. The van der Waals surface area contributed by atoms with Gasteiger partial charge in [-0.2, -0.15) is 0 Å². The van der Waals surface area contributed by atoms with Gasteiger partial charge < -0.3 is 25.4 Å². The highest BCUT2D eigenvalue weighted by Crippen LogP contribution is 2.68. The molecule has 2 aromatic carbocycles. The van der Waals surface area contributed by atoms with Gasteiger partial charge in [-0.25, -0.2) is 4.68 Å². The first kappa shape index (κ1) is 28.5. The summed E-state index contributed by atoms with van der Waals surface area (Å²) in [5.74, 6) is -1.33. The van der Waals surface area contributed by atoms with Gasteiger partial charge in [0.15, 0.2) is 0 Å². The normalized spacial score (nSPS) is 28.6. The third-order valence-corrected chi connectivity index (χ3v) is 11.1. The summed E-state index contributed by atoms with van der Waals surface area (Å²) in [4.78, 5) is 43.8. The minimum atomic E-state index is -0.838. The number of ether oxygens (including phenoxy) is 1. The number of amides is 3. The van der Waals surface area contributed by atoms with Crippen LogP contribution in [0.3, 0.4) is 0 Å². The van der Waals surface area contributed by atoms with E-state index in [9.17, 15) is 19.5 Å². The number of likely N-dealkylation sites (tertiary alicyclic amines) is 1. The number of fused-ring (bicyclic) bond motifs is 2. The molecule has 2 bridgehead atoms. The molecule has 3 amide bonds. The summed E-state index contributed by atoms with van der Waals surface area (Å²) < 4.78 is 6.33. The van der Waals surface area contributed by atoms with Crippen LogP contribution in [0.2, 0.25) is 0 Å². The molecule has 3 fully saturated rings. The molecular weight excluding hydrogens is 556 g/mol. The van der Waals surface area contributed by atoms with E-state index in [1.165, 1.54) is 0 Å². The largest absolute Gasteiger partial charge is 0.494 e. The lowest BCUT2D eigenvalue weighted by atomic mass is 9.66. The molecule has 6 rings (SSSR count). The molecule has 7 atom stereocenters. The van der Waals surface area contributed by atoms with Crippen LogP contribution in [0, 0.1) is 17.8 Å². The number of aromatic nitrogens is 3. The van der Waals surface area contributed by atoms with Gasteiger partial charge >= 0.3 is 0 Å². The summed E-state index contributed by atoms with van der Waals surface area (Å²) in [7, 11) is 0. The summed E-state index contributed by atoms with van der Waals surface area (Å²) in [5.41, 5.74) is 2.12.